The summed E-state index contributed by atoms with van der Waals surface area (Å²) in [6.45, 7) is 15.0. The topological polar surface area (TPSA) is 60.0 Å². The number of hydrogen-bond acceptors (Lipinski definition) is 3. The van der Waals surface area contributed by atoms with E-state index >= 15 is 0 Å². The first kappa shape index (κ1) is 20.7. The summed E-state index contributed by atoms with van der Waals surface area (Å²) in [5, 5.41) is 6.44. The van der Waals surface area contributed by atoms with Crippen LogP contribution in [0.5, 0.6) is 0 Å². The maximum absolute atomic E-state index is 11.9. The number of aliphatic imine (C=N–C) groups is 1. The average Bonchev–Trinajstić information content (AvgIpc) is 2.48. The average molecular weight is 313 g/mol. The molecule has 0 radical (unpaired) electrons. The third kappa shape index (κ3) is 8.87. The Labute approximate surface area is 136 Å². The Morgan fingerprint density at radius 2 is 1.77 bits per heavy atom. The zero-order chi connectivity index (χ0) is 17.0. The zero-order valence-corrected chi connectivity index (χ0v) is 15.3. The monoisotopic (exact) mass is 313 g/mol. The molecule has 6 nitrogen and oxygen atoms in total. The second-order valence-corrected chi connectivity index (χ2v) is 5.58. The second kappa shape index (κ2) is 12.3. The van der Waals surface area contributed by atoms with E-state index < -0.39 is 0 Å². The van der Waals surface area contributed by atoms with E-state index in [2.05, 4.69) is 41.4 Å². The zero-order valence-electron chi connectivity index (χ0n) is 15.3. The van der Waals surface area contributed by atoms with Gasteiger partial charge in [-0.1, -0.05) is 0 Å². The van der Waals surface area contributed by atoms with Crippen molar-refractivity contribution < 1.29 is 4.79 Å². The van der Waals surface area contributed by atoms with Gasteiger partial charge in [-0.25, -0.2) is 0 Å². The van der Waals surface area contributed by atoms with Crippen LogP contribution in [0.2, 0.25) is 0 Å². The molecule has 6 heteroatoms. The summed E-state index contributed by atoms with van der Waals surface area (Å²) in [4.78, 5) is 20.6. The molecule has 0 spiro atoms. The molecule has 0 aromatic heterocycles. The minimum atomic E-state index is 0.188. The molecule has 0 fully saturated rings. The molecule has 0 aliphatic carbocycles. The lowest BCUT2D eigenvalue weighted by molar-refractivity contribution is -0.130. The maximum atomic E-state index is 11.9. The van der Waals surface area contributed by atoms with Gasteiger partial charge in [-0.3, -0.25) is 9.79 Å². The fourth-order valence-corrected chi connectivity index (χ4v) is 1.94. The number of carbonyl (C=O) groups is 1. The molecule has 0 rings (SSSR count). The Balaban J connectivity index is 4.21. The van der Waals surface area contributed by atoms with Crippen molar-refractivity contribution in [3.05, 3.63) is 0 Å². The van der Waals surface area contributed by atoms with E-state index in [1.807, 2.05) is 25.7 Å². The molecule has 0 aromatic carbocycles. The molecule has 1 amide bonds. The third-order valence-electron chi connectivity index (χ3n) is 3.70. The Hall–Kier alpha value is -1.30. The van der Waals surface area contributed by atoms with Crippen LogP contribution in [0, 0.1) is 0 Å². The van der Waals surface area contributed by atoms with Crippen molar-refractivity contribution in [3.63, 3.8) is 0 Å². The van der Waals surface area contributed by atoms with Crippen molar-refractivity contribution in [2.75, 3.05) is 46.3 Å². The summed E-state index contributed by atoms with van der Waals surface area (Å²) in [5.74, 6) is 0.972. The van der Waals surface area contributed by atoms with Crippen LogP contribution in [0.4, 0.5) is 0 Å². The number of rotatable bonds is 10. The third-order valence-corrected chi connectivity index (χ3v) is 3.70. The number of amides is 1. The van der Waals surface area contributed by atoms with Crippen molar-refractivity contribution in [2.45, 2.75) is 47.1 Å². The minimum absolute atomic E-state index is 0.188. The summed E-state index contributed by atoms with van der Waals surface area (Å²) in [7, 11) is 2.10. The fourth-order valence-electron chi connectivity index (χ4n) is 1.94. The van der Waals surface area contributed by atoms with Gasteiger partial charge in [0.15, 0.2) is 5.96 Å². The number of hydrogen-bond donors (Lipinski definition) is 2. The molecule has 0 aromatic rings. The molecule has 0 heterocycles. The molecule has 0 unspecified atom stereocenters. The molecular weight excluding hydrogens is 278 g/mol. The molecule has 0 aliphatic heterocycles. The first-order valence-electron chi connectivity index (χ1n) is 8.46. The SMILES string of the molecule is CCNC(=NCCN(C)C(C)C)NCCC(=O)N(CC)CC. The Bertz CT molecular complexity index is 326. The second-order valence-electron chi connectivity index (χ2n) is 5.58. The number of nitrogens with zero attached hydrogens (tertiary/aromatic N) is 3. The van der Waals surface area contributed by atoms with Crippen LogP contribution in [0.1, 0.15) is 41.0 Å². The Kier molecular flexibility index (Phi) is 11.5. The largest absolute Gasteiger partial charge is 0.357 e. The van der Waals surface area contributed by atoms with Crippen molar-refractivity contribution in [1.82, 2.24) is 20.4 Å². The van der Waals surface area contributed by atoms with Gasteiger partial charge in [0, 0.05) is 45.2 Å². The number of guanidine groups is 1. The van der Waals surface area contributed by atoms with Gasteiger partial charge in [0.05, 0.1) is 6.54 Å². The quantitative estimate of drug-likeness (QED) is 0.469. The minimum Gasteiger partial charge on any atom is -0.357 e. The molecule has 22 heavy (non-hydrogen) atoms. The molecule has 0 saturated carbocycles. The first-order valence-corrected chi connectivity index (χ1v) is 8.46. The van der Waals surface area contributed by atoms with Gasteiger partial charge in [-0.05, 0) is 41.7 Å². The van der Waals surface area contributed by atoms with Gasteiger partial charge >= 0.3 is 0 Å². The van der Waals surface area contributed by atoms with Crippen LogP contribution >= 0.6 is 0 Å². The van der Waals surface area contributed by atoms with Gasteiger partial charge in [-0.15, -0.1) is 0 Å². The van der Waals surface area contributed by atoms with E-state index in [0.717, 1.165) is 38.7 Å². The molecular formula is C16H35N5O. The van der Waals surface area contributed by atoms with Crippen LogP contribution in [0.25, 0.3) is 0 Å². The summed E-state index contributed by atoms with van der Waals surface area (Å²) in [6, 6.07) is 0.525. The molecule has 130 valence electrons. The molecule has 0 saturated heterocycles. The number of nitrogens with one attached hydrogen (secondary N) is 2. The van der Waals surface area contributed by atoms with E-state index in [9.17, 15) is 4.79 Å². The van der Waals surface area contributed by atoms with Crippen LogP contribution in [-0.4, -0.2) is 74.0 Å². The summed E-state index contributed by atoms with van der Waals surface area (Å²) < 4.78 is 0. The number of carbonyl (C=O) groups excluding carboxylic acids is 1. The van der Waals surface area contributed by atoms with E-state index in [0.29, 0.717) is 19.0 Å². The molecule has 0 bridgehead atoms. The normalized spacial score (nSPS) is 11.9. The van der Waals surface area contributed by atoms with E-state index in [1.165, 1.54) is 0 Å². The van der Waals surface area contributed by atoms with Crippen LogP contribution in [0.15, 0.2) is 4.99 Å². The highest BCUT2D eigenvalue weighted by Crippen LogP contribution is 1.94. The lowest BCUT2D eigenvalue weighted by atomic mass is 10.3. The van der Waals surface area contributed by atoms with Crippen molar-refractivity contribution in [1.29, 1.82) is 0 Å². The molecule has 2 N–H and O–H groups in total. The summed E-state index contributed by atoms with van der Waals surface area (Å²) >= 11 is 0. The summed E-state index contributed by atoms with van der Waals surface area (Å²) in [5.41, 5.74) is 0. The van der Waals surface area contributed by atoms with Crippen LogP contribution < -0.4 is 10.6 Å². The standard InChI is InChI=1S/C16H35N5O/c1-7-17-16(19-12-13-20(6)14(4)5)18-11-10-15(22)21(8-2)9-3/h14H,7-13H2,1-6H3,(H2,17,18,19). The summed E-state index contributed by atoms with van der Waals surface area (Å²) in [6.07, 6.45) is 0.498. The van der Waals surface area contributed by atoms with E-state index in [-0.39, 0.29) is 5.91 Å². The first-order chi connectivity index (χ1) is 10.5. The van der Waals surface area contributed by atoms with Crippen molar-refractivity contribution in [3.8, 4) is 0 Å². The van der Waals surface area contributed by atoms with Crippen molar-refractivity contribution in [2.24, 2.45) is 4.99 Å². The highest BCUT2D eigenvalue weighted by atomic mass is 16.2. The van der Waals surface area contributed by atoms with Crippen LogP contribution in [0.3, 0.4) is 0 Å². The lowest BCUT2D eigenvalue weighted by Gasteiger charge is -2.20. The van der Waals surface area contributed by atoms with Gasteiger partial charge < -0.3 is 20.4 Å². The Morgan fingerprint density at radius 1 is 1.14 bits per heavy atom. The van der Waals surface area contributed by atoms with Gasteiger partial charge in [-0.2, -0.15) is 0 Å². The highest BCUT2D eigenvalue weighted by Gasteiger charge is 2.09. The van der Waals surface area contributed by atoms with Crippen LogP contribution in [-0.2, 0) is 4.79 Å². The van der Waals surface area contributed by atoms with Gasteiger partial charge in [0.25, 0.3) is 0 Å². The van der Waals surface area contributed by atoms with Crippen molar-refractivity contribution >= 4 is 11.9 Å². The highest BCUT2D eigenvalue weighted by molar-refractivity contribution is 5.81. The lowest BCUT2D eigenvalue weighted by Crippen LogP contribution is -2.40. The fraction of sp³-hybridized carbons (Fsp3) is 0.875. The maximum Gasteiger partial charge on any atom is 0.224 e. The smallest absolute Gasteiger partial charge is 0.224 e. The van der Waals surface area contributed by atoms with E-state index in [4.69, 9.17) is 0 Å². The molecule has 0 aliphatic rings. The molecule has 0 atom stereocenters. The van der Waals surface area contributed by atoms with Gasteiger partial charge in [0.1, 0.15) is 0 Å². The Morgan fingerprint density at radius 3 is 2.27 bits per heavy atom. The van der Waals surface area contributed by atoms with Gasteiger partial charge in [0.2, 0.25) is 5.91 Å². The predicted molar refractivity (Wildman–Crippen MR) is 94.3 cm³/mol. The number of likely N-dealkylation sites (N-methyl/N-ethyl adjacent to an activating group) is 1. The van der Waals surface area contributed by atoms with E-state index in [1.54, 1.807) is 0 Å². The predicted octanol–water partition coefficient (Wildman–Crippen LogP) is 1.14.